The molecule has 2 amide bonds. The van der Waals surface area contributed by atoms with Crippen LogP contribution in [0.2, 0.25) is 0 Å². The fraction of sp³-hybridized carbons (Fsp3) is 0. The molecule has 1 aromatic heterocycles. The molecule has 5 nitrogen and oxygen atoms in total. The Morgan fingerprint density at radius 3 is 2.43 bits per heavy atom. The van der Waals surface area contributed by atoms with Crippen molar-refractivity contribution >= 4 is 29.3 Å². The van der Waals surface area contributed by atoms with E-state index >= 15 is 0 Å². The smallest absolute Gasteiger partial charge is 0.274 e. The number of halogens is 2. The van der Waals surface area contributed by atoms with Gasteiger partial charge < -0.3 is 10.6 Å². The van der Waals surface area contributed by atoms with E-state index in [4.69, 9.17) is 0 Å². The van der Waals surface area contributed by atoms with Crippen molar-refractivity contribution in [3.05, 3.63) is 95.8 Å². The number of pyridine rings is 1. The molecule has 28 heavy (non-hydrogen) atoms. The van der Waals surface area contributed by atoms with Crippen LogP contribution in [0.25, 0.3) is 6.08 Å². The van der Waals surface area contributed by atoms with Crippen molar-refractivity contribution in [2.24, 2.45) is 0 Å². The number of nitrogens with one attached hydrogen (secondary N) is 2. The van der Waals surface area contributed by atoms with Crippen molar-refractivity contribution in [3.8, 4) is 0 Å². The fourth-order valence-corrected chi connectivity index (χ4v) is 2.37. The normalized spacial score (nSPS) is 10.6. The molecule has 0 aliphatic rings. The monoisotopic (exact) mass is 379 g/mol. The average Bonchev–Trinajstić information content (AvgIpc) is 2.69. The highest BCUT2D eigenvalue weighted by Gasteiger charge is 2.12. The zero-order valence-corrected chi connectivity index (χ0v) is 14.5. The van der Waals surface area contributed by atoms with Crippen LogP contribution < -0.4 is 10.6 Å². The van der Waals surface area contributed by atoms with Gasteiger partial charge in [0.05, 0.1) is 11.4 Å². The van der Waals surface area contributed by atoms with Crippen LogP contribution in [0.1, 0.15) is 16.1 Å². The summed E-state index contributed by atoms with van der Waals surface area (Å²) < 4.78 is 26.8. The molecule has 0 unspecified atom stereocenters. The molecule has 3 aromatic rings. The summed E-state index contributed by atoms with van der Waals surface area (Å²) >= 11 is 0. The summed E-state index contributed by atoms with van der Waals surface area (Å²) in [5.74, 6) is -2.08. The number of carbonyl (C=O) groups excluding carboxylic acids is 2. The molecule has 0 atom stereocenters. The van der Waals surface area contributed by atoms with Gasteiger partial charge in [-0.15, -0.1) is 0 Å². The standard InChI is InChI=1S/C21H15F2N3O2/c22-15-5-3-4-14(12-15)7-10-20(27)25-19-13-16(23)8-9-17(19)26-21(28)18-6-1-2-11-24-18/h1-13H,(H,25,27)(H,26,28)/b10-7+. The Labute approximate surface area is 159 Å². The molecule has 140 valence electrons. The number of aromatic nitrogens is 1. The largest absolute Gasteiger partial charge is 0.321 e. The minimum atomic E-state index is -0.583. The van der Waals surface area contributed by atoms with Gasteiger partial charge in [-0.3, -0.25) is 14.6 Å². The number of anilines is 2. The molecule has 0 bridgehead atoms. The molecule has 7 heteroatoms. The van der Waals surface area contributed by atoms with Crippen LogP contribution >= 0.6 is 0 Å². The van der Waals surface area contributed by atoms with Crippen LogP contribution in [0.3, 0.4) is 0 Å². The Hall–Kier alpha value is -3.87. The summed E-state index contributed by atoms with van der Waals surface area (Å²) in [7, 11) is 0. The third kappa shape index (κ3) is 5.07. The second-order valence-corrected chi connectivity index (χ2v) is 5.74. The van der Waals surface area contributed by atoms with Crippen LogP contribution in [-0.4, -0.2) is 16.8 Å². The van der Waals surface area contributed by atoms with Gasteiger partial charge in [-0.05, 0) is 54.1 Å². The van der Waals surface area contributed by atoms with Gasteiger partial charge in [0.25, 0.3) is 5.91 Å². The molecule has 2 N–H and O–H groups in total. The number of hydrogen-bond acceptors (Lipinski definition) is 3. The molecular weight excluding hydrogens is 364 g/mol. The first-order chi connectivity index (χ1) is 13.5. The highest BCUT2D eigenvalue weighted by atomic mass is 19.1. The van der Waals surface area contributed by atoms with E-state index in [9.17, 15) is 18.4 Å². The van der Waals surface area contributed by atoms with E-state index in [0.29, 0.717) is 5.56 Å². The van der Waals surface area contributed by atoms with Crippen molar-refractivity contribution in [3.63, 3.8) is 0 Å². The van der Waals surface area contributed by atoms with Crippen molar-refractivity contribution in [2.45, 2.75) is 0 Å². The first-order valence-electron chi connectivity index (χ1n) is 8.28. The Morgan fingerprint density at radius 1 is 0.857 bits per heavy atom. The van der Waals surface area contributed by atoms with E-state index in [0.717, 1.165) is 12.1 Å². The van der Waals surface area contributed by atoms with Crippen LogP contribution in [0.15, 0.2) is 72.9 Å². The van der Waals surface area contributed by atoms with Crippen molar-refractivity contribution in [2.75, 3.05) is 10.6 Å². The first-order valence-corrected chi connectivity index (χ1v) is 8.28. The minimum Gasteiger partial charge on any atom is -0.321 e. The number of nitrogens with zero attached hydrogens (tertiary/aromatic N) is 1. The van der Waals surface area contributed by atoms with Crippen LogP contribution in [0.5, 0.6) is 0 Å². The quantitative estimate of drug-likeness (QED) is 0.651. The summed E-state index contributed by atoms with van der Waals surface area (Å²) in [5.41, 5.74) is 0.968. The Bertz CT molecular complexity index is 1040. The van der Waals surface area contributed by atoms with Crippen LogP contribution in [0, 0.1) is 11.6 Å². The van der Waals surface area contributed by atoms with E-state index in [2.05, 4.69) is 15.6 Å². The lowest BCUT2D eigenvalue weighted by atomic mass is 10.2. The van der Waals surface area contributed by atoms with E-state index in [1.54, 1.807) is 18.2 Å². The number of amides is 2. The van der Waals surface area contributed by atoms with E-state index in [1.807, 2.05) is 0 Å². The maximum Gasteiger partial charge on any atom is 0.274 e. The highest BCUT2D eigenvalue weighted by Crippen LogP contribution is 2.23. The van der Waals surface area contributed by atoms with E-state index in [-0.39, 0.29) is 17.1 Å². The summed E-state index contributed by atoms with van der Waals surface area (Å²) in [6.07, 6.45) is 4.08. The van der Waals surface area contributed by atoms with Crippen LogP contribution in [0.4, 0.5) is 20.2 Å². The zero-order valence-electron chi connectivity index (χ0n) is 14.5. The Kier molecular flexibility index (Phi) is 5.86. The van der Waals surface area contributed by atoms with Gasteiger partial charge in [0.15, 0.2) is 0 Å². The van der Waals surface area contributed by atoms with E-state index < -0.39 is 23.4 Å². The molecule has 0 aliphatic carbocycles. The molecule has 0 spiro atoms. The highest BCUT2D eigenvalue weighted by molar-refractivity contribution is 6.08. The van der Waals surface area contributed by atoms with Gasteiger partial charge in [0.2, 0.25) is 5.91 Å². The zero-order chi connectivity index (χ0) is 19.9. The van der Waals surface area contributed by atoms with Gasteiger partial charge in [-0.1, -0.05) is 18.2 Å². The molecule has 2 aromatic carbocycles. The van der Waals surface area contributed by atoms with Crippen molar-refractivity contribution in [1.29, 1.82) is 0 Å². The number of hydrogen-bond donors (Lipinski definition) is 2. The molecule has 0 saturated carbocycles. The van der Waals surface area contributed by atoms with Crippen molar-refractivity contribution < 1.29 is 18.4 Å². The molecule has 0 saturated heterocycles. The Morgan fingerprint density at radius 2 is 1.68 bits per heavy atom. The third-order valence-corrected chi connectivity index (χ3v) is 3.66. The number of carbonyl (C=O) groups is 2. The Balaban J connectivity index is 1.75. The van der Waals surface area contributed by atoms with Gasteiger partial charge >= 0.3 is 0 Å². The second kappa shape index (κ2) is 8.68. The van der Waals surface area contributed by atoms with Gasteiger partial charge in [-0.2, -0.15) is 0 Å². The fourth-order valence-electron chi connectivity index (χ4n) is 2.37. The molecule has 3 rings (SSSR count). The van der Waals surface area contributed by atoms with Gasteiger partial charge in [-0.25, -0.2) is 8.78 Å². The van der Waals surface area contributed by atoms with Crippen LogP contribution in [-0.2, 0) is 4.79 Å². The summed E-state index contributed by atoms with van der Waals surface area (Å²) in [4.78, 5) is 28.3. The molecule has 0 radical (unpaired) electrons. The number of rotatable bonds is 5. The molecular formula is C21H15F2N3O2. The summed E-state index contributed by atoms with van der Waals surface area (Å²) in [5, 5.41) is 5.08. The van der Waals surface area contributed by atoms with Gasteiger partial charge in [0, 0.05) is 12.3 Å². The minimum absolute atomic E-state index is 0.0816. The van der Waals surface area contributed by atoms with Crippen molar-refractivity contribution in [1.82, 2.24) is 4.98 Å². The first kappa shape index (κ1) is 18.9. The third-order valence-electron chi connectivity index (χ3n) is 3.66. The van der Waals surface area contributed by atoms with E-state index in [1.165, 1.54) is 48.7 Å². The maximum absolute atomic E-state index is 13.6. The lowest BCUT2D eigenvalue weighted by molar-refractivity contribution is -0.111. The number of benzene rings is 2. The molecule has 0 aliphatic heterocycles. The predicted octanol–water partition coefficient (Wildman–Crippen LogP) is 4.26. The maximum atomic E-state index is 13.6. The SMILES string of the molecule is O=C(/C=C/c1cccc(F)c1)Nc1cc(F)ccc1NC(=O)c1ccccn1. The average molecular weight is 379 g/mol. The molecule has 0 fully saturated rings. The lowest BCUT2D eigenvalue weighted by Gasteiger charge is -2.11. The predicted molar refractivity (Wildman–Crippen MR) is 103 cm³/mol. The summed E-state index contributed by atoms with van der Waals surface area (Å²) in [6.45, 7) is 0. The van der Waals surface area contributed by atoms with Gasteiger partial charge in [0.1, 0.15) is 17.3 Å². The molecule has 1 heterocycles. The topological polar surface area (TPSA) is 71.1 Å². The lowest BCUT2D eigenvalue weighted by Crippen LogP contribution is -2.16. The summed E-state index contributed by atoms with van der Waals surface area (Å²) in [6, 6.07) is 14.1. The second-order valence-electron chi connectivity index (χ2n) is 5.74.